The molecule has 1 heterocycles. The largest absolute Gasteiger partial charge is 0.460 e. The summed E-state index contributed by atoms with van der Waals surface area (Å²) in [5.74, 6) is 0.149. The molecule has 1 aliphatic heterocycles. The average molecular weight is 315 g/mol. The minimum atomic E-state index is -0.455. The summed E-state index contributed by atoms with van der Waals surface area (Å²) in [6, 6.07) is 10.1. The van der Waals surface area contributed by atoms with Crippen molar-refractivity contribution in [3.05, 3.63) is 35.9 Å². The van der Waals surface area contributed by atoms with Crippen molar-refractivity contribution in [1.29, 1.82) is 0 Å². The summed E-state index contributed by atoms with van der Waals surface area (Å²) in [4.78, 5) is 26.7. The lowest BCUT2D eigenvalue weighted by atomic mass is 10.0. The van der Waals surface area contributed by atoms with Crippen molar-refractivity contribution in [2.45, 2.75) is 45.8 Å². The lowest BCUT2D eigenvalue weighted by Gasteiger charge is -2.20. The van der Waals surface area contributed by atoms with Gasteiger partial charge in [0.25, 0.3) is 0 Å². The van der Waals surface area contributed by atoms with Crippen LogP contribution in [-0.2, 0) is 20.9 Å². The topological polar surface area (TPSA) is 46.6 Å². The molecule has 1 unspecified atom stereocenters. The first kappa shape index (κ1) is 16.0. The number of carbonyl (C=O) groups excluding carboxylic acids is 2. The van der Waals surface area contributed by atoms with E-state index >= 15 is 0 Å². The van der Waals surface area contributed by atoms with E-state index in [1.807, 2.05) is 56.0 Å². The fourth-order valence-electron chi connectivity index (χ4n) is 3.43. The molecule has 1 saturated carbocycles. The normalized spacial score (nSPS) is 27.2. The molecule has 0 N–H and O–H groups in total. The highest BCUT2D eigenvalue weighted by Crippen LogP contribution is 2.49. The number of likely N-dealkylation sites (tertiary alicyclic amines) is 1. The number of hydrogen-bond donors (Lipinski definition) is 0. The van der Waals surface area contributed by atoms with Crippen molar-refractivity contribution in [3.8, 4) is 0 Å². The number of carbonyl (C=O) groups is 2. The molecule has 1 amide bonds. The predicted octanol–water partition coefficient (Wildman–Crippen LogP) is 3.01. The molecule has 1 saturated heterocycles. The summed E-state index contributed by atoms with van der Waals surface area (Å²) in [7, 11) is 0. The fourth-order valence-corrected chi connectivity index (χ4v) is 3.43. The maximum absolute atomic E-state index is 12.6. The number of amides is 1. The first-order valence-electron chi connectivity index (χ1n) is 8.41. The van der Waals surface area contributed by atoms with Gasteiger partial charge < -0.3 is 9.64 Å². The summed E-state index contributed by atoms with van der Waals surface area (Å²) >= 11 is 0. The van der Waals surface area contributed by atoms with Gasteiger partial charge in [0, 0.05) is 19.0 Å². The molecular weight excluding hydrogens is 290 g/mol. The molecule has 2 aliphatic rings. The molecule has 2 fully saturated rings. The van der Waals surface area contributed by atoms with Crippen LogP contribution in [-0.4, -0.2) is 28.9 Å². The smallest absolute Gasteiger partial charge is 0.309 e. The first-order valence-corrected chi connectivity index (χ1v) is 8.41. The number of rotatable bonds is 4. The highest BCUT2D eigenvalue weighted by atomic mass is 16.6. The van der Waals surface area contributed by atoms with E-state index in [0.717, 1.165) is 24.9 Å². The Bertz CT molecular complexity index is 590. The minimum Gasteiger partial charge on any atom is -0.460 e. The fraction of sp³-hybridized carbons (Fsp3) is 0.579. The summed E-state index contributed by atoms with van der Waals surface area (Å²) in [6.45, 7) is 7.09. The number of nitrogens with zero attached hydrogens (tertiary/aromatic N) is 1. The molecule has 4 nitrogen and oxygen atoms in total. The van der Waals surface area contributed by atoms with Crippen LogP contribution in [0.5, 0.6) is 0 Å². The Hall–Kier alpha value is -1.84. The van der Waals surface area contributed by atoms with Crippen molar-refractivity contribution in [2.24, 2.45) is 17.8 Å². The Morgan fingerprint density at radius 1 is 1.26 bits per heavy atom. The van der Waals surface area contributed by atoms with Crippen LogP contribution in [0.2, 0.25) is 0 Å². The number of ether oxygens (including phenoxy) is 1. The van der Waals surface area contributed by atoms with Crippen molar-refractivity contribution in [3.63, 3.8) is 0 Å². The third-order valence-electron chi connectivity index (χ3n) is 4.62. The van der Waals surface area contributed by atoms with Crippen LogP contribution in [0.3, 0.4) is 0 Å². The summed E-state index contributed by atoms with van der Waals surface area (Å²) in [5, 5.41) is 0. The van der Waals surface area contributed by atoms with E-state index < -0.39 is 5.60 Å². The Morgan fingerprint density at radius 3 is 2.61 bits per heavy atom. The zero-order chi connectivity index (χ0) is 16.6. The average Bonchev–Trinajstić information content (AvgIpc) is 3.19. The monoisotopic (exact) mass is 315 g/mol. The van der Waals surface area contributed by atoms with Gasteiger partial charge in [-0.3, -0.25) is 9.59 Å². The number of benzene rings is 1. The molecule has 3 atom stereocenters. The Balaban J connectivity index is 1.55. The van der Waals surface area contributed by atoms with Gasteiger partial charge in [0.2, 0.25) is 5.91 Å². The van der Waals surface area contributed by atoms with Crippen LogP contribution in [0.1, 0.15) is 39.2 Å². The van der Waals surface area contributed by atoms with Crippen LogP contribution >= 0.6 is 0 Å². The van der Waals surface area contributed by atoms with E-state index in [0.29, 0.717) is 6.54 Å². The van der Waals surface area contributed by atoms with Gasteiger partial charge in [0.1, 0.15) is 5.60 Å². The molecular formula is C19H25NO3. The molecule has 0 aromatic heterocycles. The molecule has 0 spiro atoms. The van der Waals surface area contributed by atoms with Gasteiger partial charge in [-0.05, 0) is 45.1 Å². The molecule has 1 aromatic carbocycles. The van der Waals surface area contributed by atoms with E-state index in [-0.39, 0.29) is 29.6 Å². The summed E-state index contributed by atoms with van der Waals surface area (Å²) in [5.41, 5.74) is 0.699. The SMILES string of the molecule is CC(C)(C)OC(=O)[C@H]1C[C@@H]1C1CCN(Cc2ccccc2)C1=O. The van der Waals surface area contributed by atoms with Crippen LogP contribution < -0.4 is 0 Å². The number of esters is 1. The van der Waals surface area contributed by atoms with Gasteiger partial charge in [-0.1, -0.05) is 30.3 Å². The highest BCUT2D eigenvalue weighted by molar-refractivity contribution is 5.84. The Morgan fingerprint density at radius 2 is 1.96 bits per heavy atom. The van der Waals surface area contributed by atoms with Crippen molar-refractivity contribution < 1.29 is 14.3 Å². The quantitative estimate of drug-likeness (QED) is 0.802. The van der Waals surface area contributed by atoms with Crippen LogP contribution in [0, 0.1) is 17.8 Å². The van der Waals surface area contributed by atoms with Gasteiger partial charge in [0.05, 0.1) is 5.92 Å². The van der Waals surface area contributed by atoms with Crippen molar-refractivity contribution in [2.75, 3.05) is 6.54 Å². The molecule has 4 heteroatoms. The molecule has 3 rings (SSSR count). The number of hydrogen-bond acceptors (Lipinski definition) is 3. The second-order valence-corrected chi connectivity index (χ2v) is 7.68. The van der Waals surface area contributed by atoms with Crippen LogP contribution in [0.25, 0.3) is 0 Å². The molecule has 1 aliphatic carbocycles. The molecule has 0 radical (unpaired) electrons. The maximum atomic E-state index is 12.6. The predicted molar refractivity (Wildman–Crippen MR) is 87.4 cm³/mol. The maximum Gasteiger partial charge on any atom is 0.309 e. The zero-order valence-electron chi connectivity index (χ0n) is 14.1. The summed E-state index contributed by atoms with van der Waals surface area (Å²) < 4.78 is 5.45. The molecule has 23 heavy (non-hydrogen) atoms. The van der Waals surface area contributed by atoms with E-state index in [4.69, 9.17) is 4.74 Å². The first-order chi connectivity index (χ1) is 10.8. The lowest BCUT2D eigenvalue weighted by Crippen LogP contribution is -2.29. The second kappa shape index (κ2) is 5.99. The van der Waals surface area contributed by atoms with Crippen molar-refractivity contribution >= 4 is 11.9 Å². The van der Waals surface area contributed by atoms with E-state index in [9.17, 15) is 9.59 Å². The molecule has 124 valence electrons. The minimum absolute atomic E-state index is 0.00349. The third-order valence-corrected chi connectivity index (χ3v) is 4.62. The Kier molecular flexibility index (Phi) is 4.17. The lowest BCUT2D eigenvalue weighted by molar-refractivity contribution is -0.157. The standard InChI is InChI=1S/C19H25NO3/c1-19(2,3)23-18(22)16-11-15(16)14-9-10-20(17(14)21)12-13-7-5-4-6-8-13/h4-8,14-16H,9-12H2,1-3H3/t14?,15-,16+/m1/s1. The third kappa shape index (κ3) is 3.74. The summed E-state index contributed by atoms with van der Waals surface area (Å²) in [6.07, 6.45) is 1.65. The van der Waals surface area contributed by atoms with Gasteiger partial charge in [-0.25, -0.2) is 0 Å². The van der Waals surface area contributed by atoms with Crippen LogP contribution in [0.4, 0.5) is 0 Å². The van der Waals surface area contributed by atoms with Gasteiger partial charge >= 0.3 is 5.97 Å². The molecule has 1 aromatic rings. The molecule has 0 bridgehead atoms. The van der Waals surface area contributed by atoms with E-state index in [2.05, 4.69) is 0 Å². The van der Waals surface area contributed by atoms with Gasteiger partial charge in [-0.15, -0.1) is 0 Å². The van der Waals surface area contributed by atoms with Crippen molar-refractivity contribution in [1.82, 2.24) is 4.90 Å². The van der Waals surface area contributed by atoms with Gasteiger partial charge in [0.15, 0.2) is 0 Å². The van der Waals surface area contributed by atoms with E-state index in [1.165, 1.54) is 0 Å². The highest BCUT2D eigenvalue weighted by Gasteiger charge is 2.53. The van der Waals surface area contributed by atoms with Gasteiger partial charge in [-0.2, -0.15) is 0 Å². The van der Waals surface area contributed by atoms with E-state index in [1.54, 1.807) is 0 Å². The Labute approximate surface area is 137 Å². The van der Waals surface area contributed by atoms with Crippen LogP contribution in [0.15, 0.2) is 30.3 Å². The second-order valence-electron chi connectivity index (χ2n) is 7.68. The zero-order valence-corrected chi connectivity index (χ0v) is 14.1.